The monoisotopic (exact) mass is 193 g/mol. The van der Waals surface area contributed by atoms with Gasteiger partial charge in [-0.25, -0.2) is 0 Å². The van der Waals surface area contributed by atoms with E-state index in [0.29, 0.717) is 5.92 Å². The molecular formula is C8H18OPS+. The van der Waals surface area contributed by atoms with Crippen LogP contribution in [0.5, 0.6) is 0 Å². The number of hydrogen-bond donors (Lipinski definition) is 1. The zero-order chi connectivity index (χ0) is 8.69. The lowest BCUT2D eigenvalue weighted by molar-refractivity contribution is 0.490. The van der Waals surface area contributed by atoms with Crippen LogP contribution in [0.4, 0.5) is 0 Å². The highest BCUT2D eigenvalue weighted by atomic mass is 32.7. The molecule has 1 nitrogen and oxygen atoms in total. The van der Waals surface area contributed by atoms with Crippen molar-refractivity contribution < 1.29 is 4.57 Å². The van der Waals surface area contributed by atoms with Gasteiger partial charge in [0.1, 0.15) is 12.2 Å². The Morgan fingerprint density at radius 1 is 1.45 bits per heavy atom. The maximum Gasteiger partial charge on any atom is 0.407 e. The van der Waals surface area contributed by atoms with E-state index >= 15 is 0 Å². The summed E-state index contributed by atoms with van der Waals surface area (Å²) in [4.78, 5) is 0. The molecule has 0 saturated carbocycles. The molecule has 2 atom stereocenters. The average Bonchev–Trinajstić information content (AvgIpc) is 1.97. The molecule has 2 unspecified atom stereocenters. The highest BCUT2D eigenvalue weighted by Crippen LogP contribution is 2.31. The van der Waals surface area contributed by atoms with Gasteiger partial charge < -0.3 is 0 Å². The summed E-state index contributed by atoms with van der Waals surface area (Å²) in [5.74, 6) is 0.635. The second-order valence-corrected chi connectivity index (χ2v) is 5.36. The fourth-order valence-corrected chi connectivity index (χ4v) is 2.71. The molecule has 0 aliphatic carbocycles. The minimum absolute atomic E-state index is 0.635. The van der Waals surface area contributed by atoms with Gasteiger partial charge in [0.25, 0.3) is 0 Å². The molecule has 0 aliphatic rings. The first-order valence-electron chi connectivity index (χ1n) is 4.34. The molecule has 11 heavy (non-hydrogen) atoms. The molecular weight excluding hydrogens is 175 g/mol. The Hall–Kier alpha value is 0.450. The van der Waals surface area contributed by atoms with Gasteiger partial charge in [-0.2, -0.15) is 0 Å². The van der Waals surface area contributed by atoms with Gasteiger partial charge in [0.2, 0.25) is 0 Å². The van der Waals surface area contributed by atoms with Gasteiger partial charge in [0.05, 0.1) is 0 Å². The van der Waals surface area contributed by atoms with Crippen LogP contribution in [-0.2, 0) is 4.57 Å². The number of unbranched alkanes of at least 4 members (excludes halogenated alkanes) is 1. The zero-order valence-corrected chi connectivity index (χ0v) is 9.20. The van der Waals surface area contributed by atoms with Crippen LogP contribution in [-0.4, -0.2) is 6.16 Å². The lowest BCUT2D eigenvalue weighted by Crippen LogP contribution is -2.00. The van der Waals surface area contributed by atoms with Gasteiger partial charge in [0, 0.05) is 5.92 Å². The molecule has 0 saturated heterocycles. The summed E-state index contributed by atoms with van der Waals surface area (Å²) in [7, 11) is -1.22. The summed E-state index contributed by atoms with van der Waals surface area (Å²) >= 11 is 3.92. The smallest absolute Gasteiger partial charge is 0.0654 e. The van der Waals surface area contributed by atoms with Crippen LogP contribution in [0.1, 0.15) is 39.5 Å². The van der Waals surface area contributed by atoms with Crippen molar-refractivity contribution >= 4 is 19.3 Å². The first-order chi connectivity index (χ1) is 5.20. The van der Waals surface area contributed by atoms with E-state index in [0.717, 1.165) is 12.6 Å². The first kappa shape index (κ1) is 11.4. The van der Waals surface area contributed by atoms with Crippen LogP contribution < -0.4 is 0 Å². The molecule has 0 aromatic rings. The van der Waals surface area contributed by atoms with E-state index in [9.17, 15) is 4.57 Å². The van der Waals surface area contributed by atoms with Crippen LogP contribution in [0.3, 0.4) is 0 Å². The Balaban J connectivity index is 3.49. The van der Waals surface area contributed by atoms with Crippen molar-refractivity contribution in [3.8, 4) is 0 Å². The molecule has 66 valence electrons. The van der Waals surface area contributed by atoms with Crippen LogP contribution in [0.15, 0.2) is 0 Å². The third kappa shape index (κ3) is 6.83. The Labute approximate surface area is 75.9 Å². The molecule has 0 aromatic carbocycles. The van der Waals surface area contributed by atoms with Crippen molar-refractivity contribution in [3.63, 3.8) is 0 Å². The summed E-state index contributed by atoms with van der Waals surface area (Å²) < 4.78 is 10.8. The Bertz CT molecular complexity index is 117. The van der Waals surface area contributed by atoms with Gasteiger partial charge in [0.15, 0.2) is 6.16 Å². The van der Waals surface area contributed by atoms with Crippen molar-refractivity contribution in [1.29, 1.82) is 0 Å². The fraction of sp³-hybridized carbons (Fsp3) is 1.00. The second-order valence-electron chi connectivity index (χ2n) is 2.95. The van der Waals surface area contributed by atoms with Crippen LogP contribution in [0.2, 0.25) is 0 Å². The number of hydrogen-bond acceptors (Lipinski definition) is 1. The molecule has 0 radical (unpaired) electrons. The van der Waals surface area contributed by atoms with Gasteiger partial charge in [-0.1, -0.05) is 31.3 Å². The summed E-state index contributed by atoms with van der Waals surface area (Å²) in [6, 6.07) is 0. The van der Waals surface area contributed by atoms with Crippen molar-refractivity contribution in [3.05, 3.63) is 0 Å². The maximum absolute atomic E-state index is 10.8. The van der Waals surface area contributed by atoms with Gasteiger partial charge in [-0.05, 0) is 12.8 Å². The number of rotatable bonds is 6. The van der Waals surface area contributed by atoms with Crippen molar-refractivity contribution in [2.75, 3.05) is 6.16 Å². The van der Waals surface area contributed by atoms with Gasteiger partial charge >= 0.3 is 7.00 Å². The van der Waals surface area contributed by atoms with E-state index in [1.54, 1.807) is 0 Å². The van der Waals surface area contributed by atoms with Crippen molar-refractivity contribution in [1.82, 2.24) is 0 Å². The van der Waals surface area contributed by atoms with Crippen LogP contribution in [0, 0.1) is 5.92 Å². The molecule has 3 heteroatoms. The topological polar surface area (TPSA) is 17.1 Å². The molecule has 0 spiro atoms. The summed E-state index contributed by atoms with van der Waals surface area (Å²) in [6.45, 7) is 4.35. The Kier molecular flexibility index (Phi) is 7.41. The van der Waals surface area contributed by atoms with Gasteiger partial charge in [-0.15, -0.1) is 0 Å². The summed E-state index contributed by atoms with van der Waals surface area (Å²) in [5.41, 5.74) is 0. The largest absolute Gasteiger partial charge is 0.407 e. The Morgan fingerprint density at radius 2 is 2.09 bits per heavy atom. The molecule has 0 N–H and O–H groups in total. The second kappa shape index (κ2) is 7.12. The molecule has 0 fully saturated rings. The Morgan fingerprint density at radius 3 is 2.45 bits per heavy atom. The molecule has 0 aliphatic heterocycles. The van der Waals surface area contributed by atoms with E-state index in [2.05, 4.69) is 26.1 Å². The van der Waals surface area contributed by atoms with E-state index in [-0.39, 0.29) is 0 Å². The fourth-order valence-electron chi connectivity index (χ4n) is 1.14. The van der Waals surface area contributed by atoms with E-state index in [1.165, 1.54) is 19.3 Å². The predicted octanol–water partition coefficient (Wildman–Crippen LogP) is 3.88. The molecule has 0 bridgehead atoms. The molecule has 0 rings (SSSR count). The quantitative estimate of drug-likeness (QED) is 0.500. The maximum atomic E-state index is 10.8. The third-order valence-electron chi connectivity index (χ3n) is 1.96. The molecule has 0 aromatic heterocycles. The van der Waals surface area contributed by atoms with Gasteiger partial charge in [-0.3, -0.25) is 0 Å². The zero-order valence-electron chi connectivity index (χ0n) is 7.42. The lowest BCUT2D eigenvalue weighted by atomic mass is 10.0. The normalized spacial score (nSPS) is 14.6. The predicted molar refractivity (Wildman–Crippen MR) is 54.8 cm³/mol. The summed E-state index contributed by atoms with van der Waals surface area (Å²) in [6.07, 6.45) is 5.65. The highest BCUT2D eigenvalue weighted by molar-refractivity contribution is 8.40. The first-order valence-corrected chi connectivity index (χ1v) is 6.94. The minimum Gasteiger partial charge on any atom is -0.0654 e. The van der Waals surface area contributed by atoms with Crippen LogP contribution in [0.25, 0.3) is 0 Å². The van der Waals surface area contributed by atoms with E-state index in [4.69, 9.17) is 0 Å². The standard InChI is InChI=1S/C8H17OPS/c1-3-5-6-8(4-2)7-10(9)11/h8H,3-7H2,1-2H3/p+1. The van der Waals surface area contributed by atoms with Crippen molar-refractivity contribution in [2.24, 2.45) is 5.92 Å². The molecule has 0 heterocycles. The highest BCUT2D eigenvalue weighted by Gasteiger charge is 2.17. The lowest BCUT2D eigenvalue weighted by Gasteiger charge is -2.06. The SMILES string of the molecule is CCCCC(CC)C[P+](=O)S. The minimum atomic E-state index is -1.22. The van der Waals surface area contributed by atoms with Crippen LogP contribution >= 0.6 is 19.3 Å². The van der Waals surface area contributed by atoms with E-state index < -0.39 is 7.00 Å². The number of thiol groups is 1. The van der Waals surface area contributed by atoms with E-state index in [1.807, 2.05) is 0 Å². The third-order valence-corrected chi connectivity index (χ3v) is 3.28. The average molecular weight is 193 g/mol. The summed E-state index contributed by atoms with van der Waals surface area (Å²) in [5, 5.41) is 0. The van der Waals surface area contributed by atoms with Crippen molar-refractivity contribution in [2.45, 2.75) is 39.5 Å². The molecule has 0 amide bonds.